The molecule has 3 heteroatoms. The second kappa shape index (κ2) is 6.91. The van der Waals surface area contributed by atoms with Crippen molar-refractivity contribution in [1.29, 1.82) is 0 Å². The molecule has 0 saturated heterocycles. The van der Waals surface area contributed by atoms with Crippen molar-refractivity contribution in [3.63, 3.8) is 0 Å². The van der Waals surface area contributed by atoms with Gasteiger partial charge >= 0.3 is 0 Å². The Balaban J connectivity index is 2.75. The Labute approximate surface area is 69.7 Å². The quantitative estimate of drug-likeness (QED) is 0.351. The third-order valence-corrected chi connectivity index (χ3v) is 3.42. The van der Waals surface area contributed by atoms with Crippen LogP contribution in [0.4, 0.5) is 0 Å². The van der Waals surface area contributed by atoms with E-state index in [-0.39, 0.29) is 14.4 Å². The number of halogens is 2. The van der Waals surface area contributed by atoms with Crippen molar-refractivity contribution in [2.24, 2.45) is 0 Å². The molecule has 0 heterocycles. The predicted molar refractivity (Wildman–Crippen MR) is 48.6 cm³/mol. The van der Waals surface area contributed by atoms with Crippen molar-refractivity contribution in [1.82, 2.24) is 0 Å². The molecule has 9 heavy (non-hydrogen) atoms. The topological polar surface area (TPSA) is 0 Å². The van der Waals surface area contributed by atoms with Gasteiger partial charge in [-0.15, -0.1) is 23.2 Å². The summed E-state index contributed by atoms with van der Waals surface area (Å²) in [5, 5.41) is 0. The van der Waals surface area contributed by atoms with E-state index in [2.05, 4.69) is 6.92 Å². The van der Waals surface area contributed by atoms with Crippen LogP contribution in [0, 0.1) is 0 Å². The molecular weight excluding hydrogens is 171 g/mol. The summed E-state index contributed by atoms with van der Waals surface area (Å²) < 4.78 is 0. The summed E-state index contributed by atoms with van der Waals surface area (Å²) in [6.45, 7) is 2.26. The molecular formula is C6H14Cl2Si. The Morgan fingerprint density at radius 2 is 2.11 bits per heavy atom. The van der Waals surface area contributed by atoms with Crippen LogP contribution < -0.4 is 0 Å². The normalized spacial score (nSPS) is 12.0. The van der Waals surface area contributed by atoms with E-state index in [0.717, 1.165) is 6.42 Å². The van der Waals surface area contributed by atoms with E-state index in [4.69, 9.17) is 23.2 Å². The minimum atomic E-state index is -0.129. The molecule has 0 amide bonds. The number of hydrogen-bond donors (Lipinski definition) is 0. The first kappa shape index (κ1) is 9.80. The van der Waals surface area contributed by atoms with Crippen LogP contribution in [0.5, 0.6) is 0 Å². The molecule has 0 bridgehead atoms. The van der Waals surface area contributed by atoms with Crippen LogP contribution in [0.25, 0.3) is 0 Å². The third-order valence-electron chi connectivity index (χ3n) is 1.28. The van der Waals surface area contributed by atoms with Gasteiger partial charge in [0.2, 0.25) is 0 Å². The van der Waals surface area contributed by atoms with Crippen molar-refractivity contribution < 1.29 is 0 Å². The average Bonchev–Trinajstić information content (AvgIpc) is 1.80. The molecule has 0 unspecified atom stereocenters. The van der Waals surface area contributed by atoms with Crippen molar-refractivity contribution >= 4 is 32.7 Å². The summed E-state index contributed by atoms with van der Waals surface area (Å²) in [7, 11) is 0.261. The minimum Gasteiger partial charge on any atom is -0.105 e. The lowest BCUT2D eigenvalue weighted by molar-refractivity contribution is 0.852. The van der Waals surface area contributed by atoms with Crippen LogP contribution in [-0.2, 0) is 0 Å². The molecule has 0 spiro atoms. The van der Waals surface area contributed by atoms with E-state index < -0.39 is 0 Å². The lowest BCUT2D eigenvalue weighted by Gasteiger charge is -1.97. The molecule has 0 N–H and O–H groups in total. The van der Waals surface area contributed by atoms with E-state index in [1.54, 1.807) is 0 Å². The lowest BCUT2D eigenvalue weighted by Crippen LogP contribution is -1.90. The zero-order chi connectivity index (χ0) is 7.11. The van der Waals surface area contributed by atoms with E-state index >= 15 is 0 Å². The van der Waals surface area contributed by atoms with Crippen molar-refractivity contribution in [2.75, 3.05) is 0 Å². The van der Waals surface area contributed by atoms with Crippen molar-refractivity contribution in [3.8, 4) is 0 Å². The predicted octanol–water partition coefficient (Wildman–Crippen LogP) is 2.60. The molecule has 0 aliphatic heterocycles. The first-order valence-electron chi connectivity index (χ1n) is 3.55. The highest BCUT2D eigenvalue weighted by atomic mass is 35.5. The van der Waals surface area contributed by atoms with Gasteiger partial charge in [-0.1, -0.05) is 25.4 Å². The molecule has 0 saturated carbocycles. The Morgan fingerprint density at radius 3 is 2.56 bits per heavy atom. The Bertz CT molecular complexity index is 57.0. The maximum atomic E-state index is 5.54. The van der Waals surface area contributed by atoms with Gasteiger partial charge in [0.15, 0.2) is 0 Å². The summed E-state index contributed by atoms with van der Waals surface area (Å²) in [6.07, 6.45) is 2.22. The monoisotopic (exact) mass is 184 g/mol. The van der Waals surface area contributed by atoms with Crippen LogP contribution in [-0.4, -0.2) is 14.4 Å². The first-order chi connectivity index (χ1) is 4.27. The summed E-state index contributed by atoms with van der Waals surface area (Å²) in [5.41, 5.74) is 0. The van der Waals surface area contributed by atoms with Gasteiger partial charge in [-0.05, 0) is 6.42 Å². The molecule has 0 aromatic rings. The fourth-order valence-electron chi connectivity index (χ4n) is 0.725. The molecule has 0 aliphatic carbocycles. The van der Waals surface area contributed by atoms with E-state index in [0.29, 0.717) is 0 Å². The first-order valence-corrected chi connectivity index (χ1v) is 6.42. The van der Waals surface area contributed by atoms with Crippen LogP contribution in [0.2, 0.25) is 12.1 Å². The van der Waals surface area contributed by atoms with Crippen LogP contribution in [0.15, 0.2) is 0 Å². The SMILES string of the molecule is CC[SiH2]CCCC(Cl)Cl. The largest absolute Gasteiger partial charge is 0.107 e. The molecule has 0 fully saturated rings. The van der Waals surface area contributed by atoms with E-state index in [9.17, 15) is 0 Å². The standard InChI is InChI=1S/C6H14Cl2Si/c1-2-9-5-3-4-6(7)8/h6H,2-5,9H2,1H3. The van der Waals surface area contributed by atoms with Gasteiger partial charge in [0.1, 0.15) is 4.84 Å². The summed E-state index contributed by atoms with van der Waals surface area (Å²) in [5.74, 6) is 0. The van der Waals surface area contributed by atoms with Gasteiger partial charge in [-0.25, -0.2) is 0 Å². The minimum absolute atomic E-state index is 0.129. The smallest absolute Gasteiger partial charge is 0.105 e. The highest BCUT2D eigenvalue weighted by Gasteiger charge is 1.96. The maximum absolute atomic E-state index is 5.54. The van der Waals surface area contributed by atoms with Crippen molar-refractivity contribution in [2.45, 2.75) is 36.7 Å². The van der Waals surface area contributed by atoms with Gasteiger partial charge in [0.05, 0.1) is 0 Å². The molecule has 0 aromatic heterocycles. The highest BCUT2D eigenvalue weighted by Crippen LogP contribution is 2.11. The second-order valence-corrected chi connectivity index (χ2v) is 5.93. The maximum Gasteiger partial charge on any atom is 0.107 e. The molecule has 0 rings (SSSR count). The van der Waals surface area contributed by atoms with Crippen molar-refractivity contribution in [3.05, 3.63) is 0 Å². The van der Waals surface area contributed by atoms with Gasteiger partial charge in [0.25, 0.3) is 0 Å². The van der Waals surface area contributed by atoms with E-state index in [1.807, 2.05) is 0 Å². The Hall–Kier alpha value is 0.797. The lowest BCUT2D eigenvalue weighted by atomic mass is 10.4. The molecule has 0 aromatic carbocycles. The molecule has 0 nitrogen and oxygen atoms in total. The second-order valence-electron chi connectivity index (χ2n) is 2.24. The average molecular weight is 185 g/mol. The number of hydrogen-bond acceptors (Lipinski definition) is 0. The zero-order valence-corrected chi connectivity index (χ0v) is 8.79. The van der Waals surface area contributed by atoms with E-state index in [1.165, 1.54) is 18.5 Å². The van der Waals surface area contributed by atoms with Gasteiger partial charge in [-0.3, -0.25) is 0 Å². The molecule has 56 valence electrons. The zero-order valence-electron chi connectivity index (χ0n) is 5.87. The summed E-state index contributed by atoms with van der Waals surface area (Å²) >= 11 is 11.1. The fourth-order valence-corrected chi connectivity index (χ4v) is 2.18. The highest BCUT2D eigenvalue weighted by molar-refractivity contribution is 6.44. The third kappa shape index (κ3) is 8.80. The number of rotatable bonds is 5. The van der Waals surface area contributed by atoms with Gasteiger partial charge < -0.3 is 0 Å². The number of alkyl halides is 2. The summed E-state index contributed by atoms with van der Waals surface area (Å²) in [6, 6.07) is 2.82. The molecule has 0 aliphatic rings. The fraction of sp³-hybridized carbons (Fsp3) is 1.00. The van der Waals surface area contributed by atoms with Crippen LogP contribution in [0.3, 0.4) is 0 Å². The van der Waals surface area contributed by atoms with Gasteiger partial charge in [0, 0.05) is 9.52 Å². The Kier molecular flexibility index (Phi) is 7.52. The molecule has 0 atom stereocenters. The Morgan fingerprint density at radius 1 is 1.44 bits per heavy atom. The van der Waals surface area contributed by atoms with Crippen LogP contribution in [0.1, 0.15) is 19.8 Å². The summed E-state index contributed by atoms with van der Waals surface area (Å²) in [4.78, 5) is -0.129. The molecule has 0 radical (unpaired) electrons. The van der Waals surface area contributed by atoms with Gasteiger partial charge in [-0.2, -0.15) is 0 Å². The van der Waals surface area contributed by atoms with Crippen LogP contribution >= 0.6 is 23.2 Å².